The summed E-state index contributed by atoms with van der Waals surface area (Å²) in [6, 6.07) is 10.8. The van der Waals surface area contributed by atoms with E-state index in [9.17, 15) is 4.79 Å². The molecule has 4 rings (SSSR count). The zero-order valence-corrected chi connectivity index (χ0v) is 18.4. The summed E-state index contributed by atoms with van der Waals surface area (Å²) in [5.41, 5.74) is 3.30. The van der Waals surface area contributed by atoms with Crippen molar-refractivity contribution in [2.75, 3.05) is 21.3 Å². The van der Waals surface area contributed by atoms with Gasteiger partial charge in [0.2, 0.25) is 17.0 Å². The molecule has 0 fully saturated rings. The predicted molar refractivity (Wildman–Crippen MR) is 118 cm³/mol. The lowest BCUT2D eigenvalue weighted by molar-refractivity contribution is 0.324. The second-order valence-electron chi connectivity index (χ2n) is 7.16. The van der Waals surface area contributed by atoms with Crippen molar-refractivity contribution in [3.8, 4) is 45.9 Å². The van der Waals surface area contributed by atoms with Crippen molar-refractivity contribution in [2.24, 2.45) is 0 Å². The van der Waals surface area contributed by atoms with E-state index in [0.717, 1.165) is 16.8 Å². The first-order valence-electron chi connectivity index (χ1n) is 9.76. The monoisotopic (exact) mass is 434 g/mol. The Morgan fingerprint density at radius 2 is 1.56 bits per heavy atom. The highest BCUT2D eigenvalue weighted by Gasteiger charge is 2.20. The van der Waals surface area contributed by atoms with Gasteiger partial charge in [0, 0.05) is 17.8 Å². The lowest BCUT2D eigenvalue weighted by Crippen LogP contribution is -2.13. The van der Waals surface area contributed by atoms with Gasteiger partial charge in [0.1, 0.15) is 0 Å². The fourth-order valence-corrected chi connectivity index (χ4v) is 3.43. The van der Waals surface area contributed by atoms with E-state index in [1.54, 1.807) is 23.0 Å². The van der Waals surface area contributed by atoms with E-state index in [1.807, 2.05) is 26.0 Å². The molecule has 0 aliphatic heterocycles. The molecule has 32 heavy (non-hydrogen) atoms. The van der Waals surface area contributed by atoms with Gasteiger partial charge in [0.15, 0.2) is 17.2 Å². The van der Waals surface area contributed by atoms with E-state index in [4.69, 9.17) is 18.7 Å². The van der Waals surface area contributed by atoms with Crippen LogP contribution in [0.5, 0.6) is 17.2 Å². The highest BCUT2D eigenvalue weighted by molar-refractivity contribution is 5.67. The molecule has 0 bridgehead atoms. The Hall–Kier alpha value is -4.14. The molecule has 0 unspecified atom stereocenters. The zero-order valence-electron chi connectivity index (χ0n) is 18.4. The Balaban J connectivity index is 1.77. The third-order valence-corrected chi connectivity index (χ3v) is 4.83. The molecule has 0 amide bonds. The molecule has 0 atom stereocenters. The fraction of sp³-hybridized carbons (Fsp3) is 0.217. The average Bonchev–Trinajstić information content (AvgIpc) is 3.27. The molecule has 2 heterocycles. The number of nitrogens with zero attached hydrogens (tertiary/aromatic N) is 4. The Morgan fingerprint density at radius 1 is 0.906 bits per heavy atom. The van der Waals surface area contributed by atoms with E-state index in [2.05, 4.69) is 21.3 Å². The number of rotatable bonds is 6. The summed E-state index contributed by atoms with van der Waals surface area (Å²) in [5, 5.41) is 8.45. The summed E-state index contributed by atoms with van der Waals surface area (Å²) in [7, 11) is 4.56. The maximum Gasteiger partial charge on any atom is 0.282 e. The first-order chi connectivity index (χ1) is 15.4. The minimum atomic E-state index is -0.328. The van der Waals surface area contributed by atoms with Crippen LogP contribution in [0.1, 0.15) is 11.1 Å². The Labute approximate surface area is 184 Å². The summed E-state index contributed by atoms with van der Waals surface area (Å²) < 4.78 is 23.1. The van der Waals surface area contributed by atoms with Crippen molar-refractivity contribution in [1.29, 1.82) is 0 Å². The number of aryl methyl sites for hydroxylation is 2. The second-order valence-corrected chi connectivity index (χ2v) is 7.16. The van der Waals surface area contributed by atoms with Crippen LogP contribution in [-0.2, 0) is 0 Å². The van der Waals surface area contributed by atoms with Crippen LogP contribution in [0.25, 0.3) is 28.7 Å². The van der Waals surface area contributed by atoms with Crippen LogP contribution in [0.4, 0.5) is 0 Å². The van der Waals surface area contributed by atoms with Crippen LogP contribution in [0.3, 0.4) is 0 Å². The maximum absolute atomic E-state index is 12.5. The molecular weight excluding hydrogens is 412 g/mol. The summed E-state index contributed by atoms with van der Waals surface area (Å²) in [6.45, 7) is 4.00. The lowest BCUT2D eigenvalue weighted by atomic mass is 10.1. The third-order valence-electron chi connectivity index (χ3n) is 4.83. The van der Waals surface area contributed by atoms with Gasteiger partial charge >= 0.3 is 0 Å². The zero-order chi connectivity index (χ0) is 22.8. The van der Waals surface area contributed by atoms with Crippen LogP contribution >= 0.6 is 0 Å². The van der Waals surface area contributed by atoms with Crippen molar-refractivity contribution in [3.63, 3.8) is 0 Å². The Bertz CT molecular complexity index is 1300. The molecule has 0 aliphatic rings. The summed E-state index contributed by atoms with van der Waals surface area (Å²) in [4.78, 5) is 16.9. The molecule has 2 aromatic heterocycles. The quantitative estimate of drug-likeness (QED) is 0.454. The summed E-state index contributed by atoms with van der Waals surface area (Å²) in [5.74, 6) is 1.61. The SMILES string of the molecule is COc1cc(-c2noc(-c3nn(-c4cc(C)cc(C)c4)ccc3=O)n2)cc(OC)c1OC. The van der Waals surface area contributed by atoms with E-state index in [-0.39, 0.29) is 22.8 Å². The molecule has 164 valence electrons. The molecule has 4 aromatic rings. The van der Waals surface area contributed by atoms with E-state index in [0.29, 0.717) is 22.8 Å². The molecule has 2 aromatic carbocycles. The number of methoxy groups -OCH3 is 3. The molecule has 0 N–H and O–H groups in total. The maximum atomic E-state index is 12.5. The number of aromatic nitrogens is 4. The van der Waals surface area contributed by atoms with E-state index >= 15 is 0 Å². The van der Waals surface area contributed by atoms with Gasteiger partial charge in [-0.2, -0.15) is 10.1 Å². The van der Waals surface area contributed by atoms with Gasteiger partial charge in [-0.05, 0) is 49.2 Å². The van der Waals surface area contributed by atoms with Crippen LogP contribution in [0.2, 0.25) is 0 Å². The van der Waals surface area contributed by atoms with Gasteiger partial charge in [-0.15, -0.1) is 0 Å². The van der Waals surface area contributed by atoms with Crippen molar-refractivity contribution in [1.82, 2.24) is 19.9 Å². The fourth-order valence-electron chi connectivity index (χ4n) is 3.43. The van der Waals surface area contributed by atoms with Crippen molar-refractivity contribution in [3.05, 3.63) is 63.9 Å². The van der Waals surface area contributed by atoms with Crippen LogP contribution in [0.15, 0.2) is 51.9 Å². The average molecular weight is 434 g/mol. The summed E-state index contributed by atoms with van der Waals surface area (Å²) >= 11 is 0. The minimum Gasteiger partial charge on any atom is -0.493 e. The van der Waals surface area contributed by atoms with Crippen LogP contribution in [-0.4, -0.2) is 41.3 Å². The van der Waals surface area contributed by atoms with E-state index in [1.165, 1.54) is 27.4 Å². The third kappa shape index (κ3) is 3.92. The van der Waals surface area contributed by atoms with Gasteiger partial charge in [0.05, 0.1) is 27.0 Å². The molecule has 9 heteroatoms. The molecule has 0 aliphatic carbocycles. The number of benzene rings is 2. The Morgan fingerprint density at radius 3 is 2.16 bits per heavy atom. The molecule has 9 nitrogen and oxygen atoms in total. The predicted octanol–water partition coefficient (Wildman–Crippen LogP) is 3.59. The molecule has 0 radical (unpaired) electrons. The standard InChI is InChI=1S/C23H22N4O5/c1-13-8-14(2)10-16(9-13)27-7-6-17(28)20(25-27)23-24-22(26-32-23)15-11-18(29-3)21(31-5)19(12-15)30-4/h6-12H,1-5H3. The Kier molecular flexibility index (Phi) is 5.63. The summed E-state index contributed by atoms with van der Waals surface area (Å²) in [6.07, 6.45) is 1.61. The van der Waals surface area contributed by atoms with Crippen LogP contribution < -0.4 is 19.6 Å². The largest absolute Gasteiger partial charge is 0.493 e. The van der Waals surface area contributed by atoms with Gasteiger partial charge in [0.25, 0.3) is 5.89 Å². The van der Waals surface area contributed by atoms with E-state index < -0.39 is 0 Å². The molecular formula is C23H22N4O5. The molecule has 0 saturated heterocycles. The molecule has 0 spiro atoms. The van der Waals surface area contributed by atoms with Gasteiger partial charge in [-0.25, -0.2) is 4.68 Å². The lowest BCUT2D eigenvalue weighted by Gasteiger charge is -2.12. The highest BCUT2D eigenvalue weighted by atomic mass is 16.5. The number of ether oxygens (including phenoxy) is 3. The second kappa shape index (κ2) is 8.54. The first kappa shape index (κ1) is 21.1. The van der Waals surface area contributed by atoms with Crippen molar-refractivity contribution in [2.45, 2.75) is 13.8 Å². The highest BCUT2D eigenvalue weighted by Crippen LogP contribution is 2.40. The van der Waals surface area contributed by atoms with Crippen molar-refractivity contribution >= 4 is 0 Å². The minimum absolute atomic E-state index is 0.0116. The van der Waals surface area contributed by atoms with Gasteiger partial charge in [-0.3, -0.25) is 4.79 Å². The topological polar surface area (TPSA) is 102 Å². The normalized spacial score (nSPS) is 10.8. The van der Waals surface area contributed by atoms with Gasteiger partial charge in [-0.1, -0.05) is 11.2 Å². The van der Waals surface area contributed by atoms with Gasteiger partial charge < -0.3 is 18.7 Å². The van der Waals surface area contributed by atoms with Crippen molar-refractivity contribution < 1.29 is 18.7 Å². The van der Waals surface area contributed by atoms with Crippen LogP contribution in [0, 0.1) is 13.8 Å². The number of hydrogen-bond acceptors (Lipinski definition) is 8. The number of hydrogen-bond donors (Lipinski definition) is 0. The molecule has 0 saturated carbocycles. The first-order valence-corrected chi connectivity index (χ1v) is 9.76. The smallest absolute Gasteiger partial charge is 0.282 e.